The molecule has 2 aromatic rings. The van der Waals surface area contributed by atoms with E-state index >= 15 is 0 Å². The normalized spacial score (nSPS) is 21.7. The van der Waals surface area contributed by atoms with Crippen LogP contribution in [0.1, 0.15) is 37.7 Å². The van der Waals surface area contributed by atoms with Gasteiger partial charge in [-0.15, -0.1) is 0 Å². The van der Waals surface area contributed by atoms with Crippen LogP contribution >= 0.6 is 0 Å². The Balaban J connectivity index is 1.20. The van der Waals surface area contributed by atoms with Crippen LogP contribution in [0.3, 0.4) is 0 Å². The highest BCUT2D eigenvalue weighted by Crippen LogP contribution is 2.32. The molecule has 2 aromatic carbocycles. The summed E-state index contributed by atoms with van der Waals surface area (Å²) in [7, 11) is 0. The lowest BCUT2D eigenvalue weighted by atomic mass is 9.84. The van der Waals surface area contributed by atoms with E-state index < -0.39 is 5.60 Å². The minimum absolute atomic E-state index is 0.358. The van der Waals surface area contributed by atoms with Crippen LogP contribution in [0.4, 0.5) is 0 Å². The molecule has 136 valence electrons. The van der Waals surface area contributed by atoms with Gasteiger partial charge >= 0.3 is 0 Å². The molecule has 0 aliphatic carbocycles. The van der Waals surface area contributed by atoms with E-state index in [0.717, 1.165) is 49.8 Å². The summed E-state index contributed by atoms with van der Waals surface area (Å²) in [6.45, 7) is 3.10. The number of para-hydroxylation sites is 1. The Morgan fingerprint density at radius 1 is 0.962 bits per heavy atom. The van der Waals surface area contributed by atoms with Crippen molar-refractivity contribution in [3.05, 3.63) is 70.7 Å². The second-order valence-electron chi connectivity index (χ2n) is 7.66. The predicted molar refractivity (Wildman–Crippen MR) is 105 cm³/mol. The van der Waals surface area contributed by atoms with Gasteiger partial charge in [0, 0.05) is 13.1 Å². The fraction of sp³-hybridized carbons (Fsp3) is 0.435. The van der Waals surface area contributed by atoms with Crippen molar-refractivity contribution >= 4 is 6.08 Å². The molecular formula is C23H28N2O. The van der Waals surface area contributed by atoms with Gasteiger partial charge in [0.1, 0.15) is 0 Å². The van der Waals surface area contributed by atoms with E-state index in [0.29, 0.717) is 6.04 Å². The molecule has 0 spiro atoms. The molecule has 1 unspecified atom stereocenters. The SMILES string of the molecule is OC1(c2ccccc2)CCN(CCCCC2C=c3ccccc3=N2)CC1. The Labute approximate surface area is 155 Å². The summed E-state index contributed by atoms with van der Waals surface area (Å²) in [6, 6.07) is 18.9. The van der Waals surface area contributed by atoms with Crippen molar-refractivity contribution in [2.24, 2.45) is 4.99 Å². The highest BCUT2D eigenvalue weighted by atomic mass is 16.3. The van der Waals surface area contributed by atoms with Crippen molar-refractivity contribution in [1.82, 2.24) is 4.90 Å². The van der Waals surface area contributed by atoms with Gasteiger partial charge in [-0.05, 0) is 55.5 Å². The van der Waals surface area contributed by atoms with Gasteiger partial charge in [-0.2, -0.15) is 0 Å². The zero-order chi connectivity index (χ0) is 17.8. The second-order valence-corrected chi connectivity index (χ2v) is 7.66. The molecule has 0 saturated carbocycles. The second kappa shape index (κ2) is 7.73. The third-order valence-corrected chi connectivity index (χ3v) is 5.83. The quantitative estimate of drug-likeness (QED) is 0.815. The first-order valence-electron chi connectivity index (χ1n) is 9.88. The summed E-state index contributed by atoms with van der Waals surface area (Å²) in [5, 5.41) is 13.4. The van der Waals surface area contributed by atoms with E-state index in [4.69, 9.17) is 4.99 Å². The highest BCUT2D eigenvalue weighted by Gasteiger charge is 2.33. The summed E-state index contributed by atoms with van der Waals surface area (Å²) in [5.74, 6) is 0. The molecule has 26 heavy (non-hydrogen) atoms. The number of likely N-dealkylation sites (tertiary alicyclic amines) is 1. The molecule has 1 fully saturated rings. The minimum Gasteiger partial charge on any atom is -0.385 e. The van der Waals surface area contributed by atoms with Crippen molar-refractivity contribution in [3.8, 4) is 0 Å². The van der Waals surface area contributed by atoms with Crippen molar-refractivity contribution in [1.29, 1.82) is 0 Å². The van der Waals surface area contributed by atoms with Gasteiger partial charge in [0.2, 0.25) is 0 Å². The number of hydrogen-bond acceptors (Lipinski definition) is 3. The Morgan fingerprint density at radius 2 is 1.69 bits per heavy atom. The molecule has 1 saturated heterocycles. The van der Waals surface area contributed by atoms with Gasteiger partial charge < -0.3 is 10.0 Å². The topological polar surface area (TPSA) is 35.8 Å². The summed E-state index contributed by atoms with van der Waals surface area (Å²) in [4.78, 5) is 7.29. The van der Waals surface area contributed by atoms with Crippen LogP contribution in [-0.4, -0.2) is 35.7 Å². The van der Waals surface area contributed by atoms with Crippen LogP contribution in [0.25, 0.3) is 6.08 Å². The summed E-state index contributed by atoms with van der Waals surface area (Å²) in [6.07, 6.45) is 7.51. The van der Waals surface area contributed by atoms with E-state index in [1.807, 2.05) is 18.2 Å². The van der Waals surface area contributed by atoms with Crippen LogP contribution in [0.15, 0.2) is 59.6 Å². The van der Waals surface area contributed by atoms with Crippen LogP contribution in [0.2, 0.25) is 0 Å². The maximum absolute atomic E-state index is 10.9. The first kappa shape index (κ1) is 17.4. The monoisotopic (exact) mass is 348 g/mol. The van der Waals surface area contributed by atoms with E-state index in [9.17, 15) is 5.11 Å². The van der Waals surface area contributed by atoms with E-state index in [-0.39, 0.29) is 0 Å². The zero-order valence-corrected chi connectivity index (χ0v) is 15.3. The first-order chi connectivity index (χ1) is 12.7. The van der Waals surface area contributed by atoms with Gasteiger partial charge in [-0.1, -0.05) is 54.6 Å². The van der Waals surface area contributed by atoms with Crippen LogP contribution in [0.5, 0.6) is 0 Å². The molecule has 3 nitrogen and oxygen atoms in total. The van der Waals surface area contributed by atoms with Gasteiger partial charge in [0.05, 0.1) is 17.0 Å². The van der Waals surface area contributed by atoms with E-state index in [1.165, 1.54) is 18.1 Å². The standard InChI is InChI=1S/C23H28N2O/c26-23(20-9-2-1-3-10-20)13-16-25(17-14-23)15-7-6-11-21-18-19-8-4-5-12-22(19)24-21/h1-5,8-10,12,18,21,26H,6-7,11,13-17H2. The average molecular weight is 348 g/mol. The summed E-state index contributed by atoms with van der Waals surface area (Å²) < 4.78 is 0. The highest BCUT2D eigenvalue weighted by molar-refractivity contribution is 5.34. The molecule has 0 amide bonds. The molecule has 2 heterocycles. The van der Waals surface area contributed by atoms with Crippen molar-refractivity contribution < 1.29 is 5.11 Å². The lowest BCUT2D eigenvalue weighted by Gasteiger charge is -2.38. The molecule has 1 N–H and O–H groups in total. The third kappa shape index (κ3) is 3.89. The largest absolute Gasteiger partial charge is 0.385 e. The Morgan fingerprint density at radius 3 is 2.46 bits per heavy atom. The smallest absolute Gasteiger partial charge is 0.0920 e. The third-order valence-electron chi connectivity index (χ3n) is 5.83. The average Bonchev–Trinajstić information content (AvgIpc) is 3.10. The number of fused-ring (bicyclic) bond motifs is 1. The molecule has 0 bridgehead atoms. The molecule has 2 aliphatic rings. The number of piperidine rings is 1. The predicted octanol–water partition coefficient (Wildman–Crippen LogP) is 2.62. The number of unbranched alkanes of at least 4 members (excludes halogenated alkanes) is 1. The number of hydrogen-bond donors (Lipinski definition) is 1. The Kier molecular flexibility index (Phi) is 5.18. The molecule has 0 radical (unpaired) electrons. The Bertz CT molecular complexity index is 803. The minimum atomic E-state index is -0.638. The zero-order valence-electron chi connectivity index (χ0n) is 15.3. The van der Waals surface area contributed by atoms with Gasteiger partial charge in [-0.25, -0.2) is 0 Å². The first-order valence-corrected chi connectivity index (χ1v) is 9.88. The number of benzene rings is 2. The van der Waals surface area contributed by atoms with Gasteiger partial charge in [-0.3, -0.25) is 4.99 Å². The maximum Gasteiger partial charge on any atom is 0.0920 e. The molecule has 1 atom stereocenters. The van der Waals surface area contributed by atoms with Crippen molar-refractivity contribution in [3.63, 3.8) is 0 Å². The van der Waals surface area contributed by atoms with Crippen LogP contribution in [-0.2, 0) is 5.60 Å². The lowest BCUT2D eigenvalue weighted by Crippen LogP contribution is -2.42. The number of nitrogens with zero attached hydrogens (tertiary/aromatic N) is 2. The maximum atomic E-state index is 10.9. The molecular weight excluding hydrogens is 320 g/mol. The number of rotatable bonds is 6. The van der Waals surface area contributed by atoms with Crippen molar-refractivity contribution in [2.45, 2.75) is 43.7 Å². The van der Waals surface area contributed by atoms with Crippen molar-refractivity contribution in [2.75, 3.05) is 19.6 Å². The molecule has 3 heteroatoms. The van der Waals surface area contributed by atoms with Crippen LogP contribution in [0, 0.1) is 0 Å². The summed E-state index contributed by atoms with van der Waals surface area (Å²) in [5.41, 5.74) is 0.430. The summed E-state index contributed by atoms with van der Waals surface area (Å²) >= 11 is 0. The lowest BCUT2D eigenvalue weighted by molar-refractivity contribution is -0.0261. The Hall–Kier alpha value is -1.97. The van der Waals surface area contributed by atoms with Gasteiger partial charge in [0.25, 0.3) is 0 Å². The van der Waals surface area contributed by atoms with E-state index in [1.54, 1.807) is 0 Å². The van der Waals surface area contributed by atoms with Crippen LogP contribution < -0.4 is 10.6 Å². The fourth-order valence-corrected chi connectivity index (χ4v) is 4.19. The van der Waals surface area contributed by atoms with E-state index in [2.05, 4.69) is 47.4 Å². The molecule has 4 rings (SSSR count). The number of aliphatic hydroxyl groups is 1. The fourth-order valence-electron chi connectivity index (χ4n) is 4.19. The van der Waals surface area contributed by atoms with Gasteiger partial charge in [0.15, 0.2) is 0 Å². The molecule has 2 aliphatic heterocycles. The molecule has 0 aromatic heterocycles.